The number of benzene rings is 2. The number of nitrogens with zero attached hydrogens (tertiary/aromatic N) is 1. The number of fused-ring (bicyclic) bond motifs is 3. The van der Waals surface area contributed by atoms with E-state index in [0.29, 0.717) is 0 Å². The van der Waals surface area contributed by atoms with Crippen molar-refractivity contribution in [2.24, 2.45) is 0 Å². The highest BCUT2D eigenvalue weighted by atomic mass is 32.2. The van der Waals surface area contributed by atoms with E-state index in [1.807, 2.05) is 0 Å². The molecular formula is C15H8F3NO5S. The van der Waals surface area contributed by atoms with Gasteiger partial charge in [-0.3, -0.25) is 13.9 Å². The molecule has 0 bridgehead atoms. The number of aromatic nitrogens is 1. The lowest BCUT2D eigenvalue weighted by Gasteiger charge is -2.08. The Balaban J connectivity index is 2.53. The van der Waals surface area contributed by atoms with Crippen LogP contribution >= 0.6 is 0 Å². The summed E-state index contributed by atoms with van der Waals surface area (Å²) < 4.78 is 63.7. The maximum atomic E-state index is 12.6. The summed E-state index contributed by atoms with van der Waals surface area (Å²) in [4.78, 5) is 24.9. The van der Waals surface area contributed by atoms with Crippen LogP contribution in [0.25, 0.3) is 21.5 Å². The Hall–Kier alpha value is -2.88. The molecule has 2 aromatic carbocycles. The molecular weight excluding hydrogens is 363 g/mol. The Morgan fingerprint density at radius 3 is 1.48 bits per heavy atom. The summed E-state index contributed by atoms with van der Waals surface area (Å²) in [5.74, 6) is 0. The summed E-state index contributed by atoms with van der Waals surface area (Å²) >= 11 is 0. The molecule has 0 saturated carbocycles. The van der Waals surface area contributed by atoms with Gasteiger partial charge in [0.25, 0.3) is 11.1 Å². The minimum absolute atomic E-state index is 0.168. The summed E-state index contributed by atoms with van der Waals surface area (Å²) in [6.45, 7) is 0. The zero-order valence-electron chi connectivity index (χ0n) is 12.1. The number of alkyl halides is 3. The van der Waals surface area contributed by atoms with E-state index in [1.54, 1.807) is 12.1 Å². The van der Waals surface area contributed by atoms with Crippen LogP contribution < -0.4 is 15.4 Å². The van der Waals surface area contributed by atoms with Gasteiger partial charge in [0.1, 0.15) is 0 Å². The minimum atomic E-state index is -6.20. The van der Waals surface area contributed by atoms with Gasteiger partial charge in [-0.2, -0.15) is 21.6 Å². The molecule has 0 atom stereocenters. The Bertz CT molecular complexity index is 1140. The van der Waals surface area contributed by atoms with Crippen molar-refractivity contribution in [3.05, 3.63) is 69.2 Å². The van der Waals surface area contributed by atoms with Crippen molar-refractivity contribution in [2.75, 3.05) is 0 Å². The minimum Gasteiger partial charge on any atom is -0.274 e. The first kappa shape index (κ1) is 17.0. The van der Waals surface area contributed by atoms with Crippen LogP contribution in [0.2, 0.25) is 0 Å². The van der Waals surface area contributed by atoms with Gasteiger partial charge in [0.05, 0.1) is 10.8 Å². The third-order valence-electron chi connectivity index (χ3n) is 3.43. The highest BCUT2D eigenvalue weighted by Gasteiger charge is 2.49. The van der Waals surface area contributed by atoms with Gasteiger partial charge in [-0.25, -0.2) is 0 Å². The zero-order valence-corrected chi connectivity index (χ0v) is 13.0. The molecule has 10 heteroatoms. The van der Waals surface area contributed by atoms with Crippen LogP contribution in [0.4, 0.5) is 13.2 Å². The fourth-order valence-electron chi connectivity index (χ4n) is 2.33. The van der Waals surface area contributed by atoms with Crippen LogP contribution in [0.15, 0.2) is 58.1 Å². The van der Waals surface area contributed by atoms with Gasteiger partial charge in [0.2, 0.25) is 0 Å². The number of hydrogen-bond acceptors (Lipinski definition) is 5. The summed E-state index contributed by atoms with van der Waals surface area (Å²) in [7, 11) is -6.20. The average molecular weight is 371 g/mol. The van der Waals surface area contributed by atoms with E-state index in [9.17, 15) is 31.2 Å². The monoisotopic (exact) mass is 371 g/mol. The van der Waals surface area contributed by atoms with Gasteiger partial charge >= 0.3 is 15.6 Å². The molecule has 0 unspecified atom stereocenters. The first-order valence-corrected chi connectivity index (χ1v) is 8.12. The normalized spacial score (nSPS) is 12.4. The second-order valence-electron chi connectivity index (χ2n) is 4.97. The lowest BCUT2D eigenvalue weighted by atomic mass is 10.1. The average Bonchev–Trinajstić information content (AvgIpc) is 2.64. The molecule has 3 rings (SSSR count). The first-order valence-electron chi connectivity index (χ1n) is 6.71. The SMILES string of the molecule is O=c1c2ccccc2c2ccccc2c(=O)n1OS(=O)(=O)C(F)(F)F. The maximum Gasteiger partial charge on any atom is 0.536 e. The highest BCUT2D eigenvalue weighted by Crippen LogP contribution is 2.23. The van der Waals surface area contributed by atoms with Gasteiger partial charge in [0, 0.05) is 0 Å². The molecule has 3 aromatic rings. The second kappa shape index (κ2) is 5.59. The van der Waals surface area contributed by atoms with Crippen molar-refractivity contribution in [3.8, 4) is 0 Å². The third kappa shape index (κ3) is 2.74. The first-order chi connectivity index (χ1) is 11.6. The number of hydrogen-bond donors (Lipinski definition) is 0. The summed E-state index contributed by atoms with van der Waals surface area (Å²) in [6, 6.07) is 11.5. The molecule has 0 aliphatic rings. The molecule has 0 spiro atoms. The van der Waals surface area contributed by atoms with E-state index in [1.165, 1.54) is 36.4 Å². The standard InChI is InChI=1S/C15H8F3NO5S/c16-15(17,18)25(22,23)24-19-13(20)11-7-3-1-5-9(11)10-6-2-4-8-12(10)14(19)21/h1-8H. The van der Waals surface area contributed by atoms with E-state index >= 15 is 0 Å². The summed E-state index contributed by atoms with van der Waals surface area (Å²) in [5.41, 5.74) is -8.42. The quantitative estimate of drug-likeness (QED) is 0.642. The maximum absolute atomic E-state index is 12.6. The molecule has 6 nitrogen and oxygen atoms in total. The van der Waals surface area contributed by atoms with Crippen LogP contribution in [0.3, 0.4) is 0 Å². The number of rotatable bonds is 2. The summed E-state index contributed by atoms with van der Waals surface area (Å²) in [5, 5.41) is 0.204. The van der Waals surface area contributed by atoms with Crippen molar-refractivity contribution in [1.29, 1.82) is 0 Å². The molecule has 0 aliphatic heterocycles. The highest BCUT2D eigenvalue weighted by molar-refractivity contribution is 7.87. The van der Waals surface area contributed by atoms with Crippen LogP contribution in [-0.4, -0.2) is 18.7 Å². The van der Waals surface area contributed by atoms with Crippen molar-refractivity contribution >= 4 is 31.7 Å². The van der Waals surface area contributed by atoms with E-state index in [-0.39, 0.29) is 26.3 Å². The molecule has 0 aliphatic carbocycles. The van der Waals surface area contributed by atoms with Crippen molar-refractivity contribution in [3.63, 3.8) is 0 Å². The Morgan fingerprint density at radius 1 is 0.760 bits per heavy atom. The predicted octanol–water partition coefficient (Wildman–Crippen LogP) is 1.79. The fraction of sp³-hybridized carbons (Fsp3) is 0.0667. The molecule has 1 aromatic heterocycles. The van der Waals surface area contributed by atoms with Gasteiger partial charge in [0.15, 0.2) is 0 Å². The zero-order chi connectivity index (χ0) is 18.4. The molecule has 1 heterocycles. The molecule has 0 saturated heterocycles. The second-order valence-corrected chi connectivity index (χ2v) is 6.49. The van der Waals surface area contributed by atoms with E-state index in [2.05, 4.69) is 4.28 Å². The Labute approximate surface area is 137 Å². The Morgan fingerprint density at radius 2 is 1.12 bits per heavy atom. The summed E-state index contributed by atoms with van der Waals surface area (Å²) in [6.07, 6.45) is 0. The van der Waals surface area contributed by atoms with Crippen LogP contribution in [0.1, 0.15) is 0 Å². The van der Waals surface area contributed by atoms with E-state index in [0.717, 1.165) is 0 Å². The van der Waals surface area contributed by atoms with E-state index < -0.39 is 26.7 Å². The van der Waals surface area contributed by atoms with Crippen molar-refractivity contribution in [2.45, 2.75) is 5.51 Å². The molecule has 130 valence electrons. The fourth-order valence-corrected chi connectivity index (χ4v) is 2.74. The van der Waals surface area contributed by atoms with Gasteiger partial charge in [-0.1, -0.05) is 41.1 Å². The molecule has 0 radical (unpaired) electrons. The van der Waals surface area contributed by atoms with E-state index in [4.69, 9.17) is 0 Å². The van der Waals surface area contributed by atoms with Crippen LogP contribution in [0.5, 0.6) is 0 Å². The van der Waals surface area contributed by atoms with Crippen molar-refractivity contribution in [1.82, 2.24) is 4.73 Å². The van der Waals surface area contributed by atoms with Gasteiger partial charge in [-0.15, -0.1) is 0 Å². The number of halogens is 3. The van der Waals surface area contributed by atoms with Crippen LogP contribution in [0, 0.1) is 0 Å². The Kier molecular flexibility index (Phi) is 3.79. The largest absolute Gasteiger partial charge is 0.536 e. The van der Waals surface area contributed by atoms with Crippen LogP contribution in [-0.2, 0) is 10.1 Å². The lowest BCUT2D eigenvalue weighted by molar-refractivity contribution is -0.0551. The lowest BCUT2D eigenvalue weighted by Crippen LogP contribution is -2.43. The third-order valence-corrected chi connectivity index (χ3v) is 4.34. The molecule has 0 N–H and O–H groups in total. The van der Waals surface area contributed by atoms with Gasteiger partial charge in [-0.05, 0) is 22.9 Å². The van der Waals surface area contributed by atoms with Gasteiger partial charge < -0.3 is 0 Å². The molecule has 0 amide bonds. The van der Waals surface area contributed by atoms with Crippen molar-refractivity contribution < 1.29 is 25.9 Å². The molecule has 0 fully saturated rings. The molecule has 25 heavy (non-hydrogen) atoms. The topological polar surface area (TPSA) is 82.4 Å². The smallest absolute Gasteiger partial charge is 0.274 e. The predicted molar refractivity (Wildman–Crippen MR) is 83.5 cm³/mol.